The van der Waals surface area contributed by atoms with Crippen LogP contribution in [-0.2, 0) is 9.53 Å². The molecule has 16 heavy (non-hydrogen) atoms. The molecule has 4 nitrogen and oxygen atoms in total. The highest BCUT2D eigenvalue weighted by atomic mass is 35.5. The number of morpholine rings is 1. The summed E-state index contributed by atoms with van der Waals surface area (Å²) in [6.45, 7) is 5.95. The second-order valence-corrected chi connectivity index (χ2v) is 4.37. The van der Waals surface area contributed by atoms with Crippen LogP contribution in [-0.4, -0.2) is 49.2 Å². The van der Waals surface area contributed by atoms with Crippen molar-refractivity contribution < 1.29 is 9.53 Å². The Bertz CT molecular complexity index is 236. The van der Waals surface area contributed by atoms with E-state index in [9.17, 15) is 4.79 Å². The Morgan fingerprint density at radius 2 is 2.12 bits per heavy atom. The summed E-state index contributed by atoms with van der Waals surface area (Å²) in [4.78, 5) is 14.3. The lowest BCUT2D eigenvalue weighted by atomic mass is 9.92. The first kappa shape index (κ1) is 13.7. The van der Waals surface area contributed by atoms with Gasteiger partial charge in [0, 0.05) is 13.1 Å². The van der Waals surface area contributed by atoms with Crippen LogP contribution in [0.25, 0.3) is 0 Å². The number of hydrogen-bond donors (Lipinski definition) is 1. The lowest BCUT2D eigenvalue weighted by molar-refractivity contribution is -0.142. The lowest BCUT2D eigenvalue weighted by Crippen LogP contribution is -2.56. The van der Waals surface area contributed by atoms with Crippen molar-refractivity contribution >= 4 is 18.3 Å². The van der Waals surface area contributed by atoms with Gasteiger partial charge in [0.25, 0.3) is 0 Å². The number of halogens is 1. The maximum Gasteiger partial charge on any atom is 0.243 e. The van der Waals surface area contributed by atoms with Crippen LogP contribution in [0.15, 0.2) is 0 Å². The van der Waals surface area contributed by atoms with E-state index >= 15 is 0 Å². The highest BCUT2D eigenvalue weighted by Crippen LogP contribution is 2.25. The van der Waals surface area contributed by atoms with Crippen LogP contribution >= 0.6 is 12.4 Å². The maximum absolute atomic E-state index is 12.4. The molecule has 2 rings (SSSR count). The van der Waals surface area contributed by atoms with Gasteiger partial charge in [-0.3, -0.25) is 4.79 Å². The standard InChI is InChI=1S/C11H20N2O2.ClH/c1-2-11(4-3-5-12-11)10(14)13-6-8-15-9-7-13;/h12H,2-9H2,1H3;1H. The average molecular weight is 249 g/mol. The van der Waals surface area contributed by atoms with E-state index in [-0.39, 0.29) is 23.9 Å². The number of hydrogen-bond acceptors (Lipinski definition) is 3. The summed E-state index contributed by atoms with van der Waals surface area (Å²) in [6, 6.07) is 0. The van der Waals surface area contributed by atoms with Gasteiger partial charge < -0.3 is 15.0 Å². The fourth-order valence-corrected chi connectivity index (χ4v) is 2.51. The molecular weight excluding hydrogens is 228 g/mol. The first-order valence-electron chi connectivity index (χ1n) is 5.91. The molecule has 5 heteroatoms. The van der Waals surface area contributed by atoms with Gasteiger partial charge in [-0.25, -0.2) is 0 Å². The van der Waals surface area contributed by atoms with Gasteiger partial charge in [-0.05, 0) is 25.8 Å². The molecule has 0 spiro atoms. The first-order valence-corrected chi connectivity index (χ1v) is 5.91. The third-order valence-corrected chi connectivity index (χ3v) is 3.55. The quantitative estimate of drug-likeness (QED) is 0.786. The molecule has 0 aromatic heterocycles. The minimum absolute atomic E-state index is 0. The molecule has 1 N–H and O–H groups in total. The Morgan fingerprint density at radius 3 is 2.62 bits per heavy atom. The summed E-state index contributed by atoms with van der Waals surface area (Å²) in [5.74, 6) is 0.283. The molecule has 2 aliphatic heterocycles. The molecule has 2 heterocycles. The third kappa shape index (κ3) is 2.50. The van der Waals surface area contributed by atoms with Crippen LogP contribution in [0.4, 0.5) is 0 Å². The maximum atomic E-state index is 12.4. The number of ether oxygens (including phenoxy) is 1. The number of carbonyl (C=O) groups is 1. The fraction of sp³-hybridized carbons (Fsp3) is 0.909. The monoisotopic (exact) mass is 248 g/mol. The van der Waals surface area contributed by atoms with Crippen molar-refractivity contribution in [3.05, 3.63) is 0 Å². The molecule has 1 atom stereocenters. The van der Waals surface area contributed by atoms with E-state index < -0.39 is 0 Å². The van der Waals surface area contributed by atoms with Crippen molar-refractivity contribution in [3.63, 3.8) is 0 Å². The predicted octanol–water partition coefficient (Wildman–Crippen LogP) is 0.799. The van der Waals surface area contributed by atoms with E-state index in [2.05, 4.69) is 12.2 Å². The molecule has 0 saturated carbocycles. The van der Waals surface area contributed by atoms with Gasteiger partial charge in [-0.2, -0.15) is 0 Å². The summed E-state index contributed by atoms with van der Waals surface area (Å²) in [6.07, 6.45) is 2.99. The molecule has 0 aliphatic carbocycles. The second kappa shape index (κ2) is 5.84. The summed E-state index contributed by atoms with van der Waals surface area (Å²) in [5.41, 5.74) is -0.267. The van der Waals surface area contributed by atoms with Gasteiger partial charge in [0.05, 0.1) is 18.8 Å². The molecule has 0 aromatic carbocycles. The van der Waals surface area contributed by atoms with Gasteiger partial charge in [-0.1, -0.05) is 6.92 Å². The van der Waals surface area contributed by atoms with Crippen molar-refractivity contribution in [1.29, 1.82) is 0 Å². The Balaban J connectivity index is 0.00000128. The molecule has 1 amide bonds. The van der Waals surface area contributed by atoms with Crippen molar-refractivity contribution in [2.45, 2.75) is 31.7 Å². The van der Waals surface area contributed by atoms with Crippen LogP contribution in [0.1, 0.15) is 26.2 Å². The Hall–Kier alpha value is -0.320. The van der Waals surface area contributed by atoms with Gasteiger partial charge in [0.15, 0.2) is 0 Å². The minimum atomic E-state index is -0.267. The first-order chi connectivity index (χ1) is 7.28. The SMILES string of the molecule is CCC1(C(=O)N2CCOCC2)CCCN1.Cl. The van der Waals surface area contributed by atoms with E-state index in [1.54, 1.807) is 0 Å². The molecule has 94 valence electrons. The molecule has 2 aliphatic rings. The van der Waals surface area contributed by atoms with Gasteiger partial charge in [-0.15, -0.1) is 12.4 Å². The molecule has 2 fully saturated rings. The van der Waals surface area contributed by atoms with E-state index in [0.717, 1.165) is 38.9 Å². The van der Waals surface area contributed by atoms with Crippen LogP contribution < -0.4 is 5.32 Å². The number of nitrogens with zero attached hydrogens (tertiary/aromatic N) is 1. The number of nitrogens with one attached hydrogen (secondary N) is 1. The van der Waals surface area contributed by atoms with E-state index in [4.69, 9.17) is 4.74 Å². The highest BCUT2D eigenvalue weighted by molar-refractivity contribution is 5.86. The summed E-state index contributed by atoms with van der Waals surface area (Å²) < 4.78 is 5.26. The van der Waals surface area contributed by atoms with E-state index in [1.807, 2.05) is 4.90 Å². The van der Waals surface area contributed by atoms with Crippen LogP contribution in [0.2, 0.25) is 0 Å². The van der Waals surface area contributed by atoms with Crippen molar-refractivity contribution in [1.82, 2.24) is 10.2 Å². The third-order valence-electron chi connectivity index (χ3n) is 3.55. The molecule has 2 saturated heterocycles. The van der Waals surface area contributed by atoms with Crippen LogP contribution in [0, 0.1) is 0 Å². The zero-order chi connectivity index (χ0) is 10.7. The minimum Gasteiger partial charge on any atom is -0.378 e. The van der Waals surface area contributed by atoms with Gasteiger partial charge >= 0.3 is 0 Å². The summed E-state index contributed by atoms with van der Waals surface area (Å²) in [5, 5.41) is 3.38. The Morgan fingerprint density at radius 1 is 1.44 bits per heavy atom. The van der Waals surface area contributed by atoms with Crippen molar-refractivity contribution in [2.75, 3.05) is 32.8 Å². The predicted molar refractivity (Wildman–Crippen MR) is 64.9 cm³/mol. The van der Waals surface area contributed by atoms with Crippen molar-refractivity contribution in [3.8, 4) is 0 Å². The molecule has 0 radical (unpaired) electrons. The largest absolute Gasteiger partial charge is 0.378 e. The van der Waals surface area contributed by atoms with Crippen molar-refractivity contribution in [2.24, 2.45) is 0 Å². The zero-order valence-corrected chi connectivity index (χ0v) is 10.6. The van der Waals surface area contributed by atoms with Crippen LogP contribution in [0.5, 0.6) is 0 Å². The molecule has 0 bridgehead atoms. The smallest absolute Gasteiger partial charge is 0.243 e. The van der Waals surface area contributed by atoms with E-state index in [0.29, 0.717) is 13.2 Å². The lowest BCUT2D eigenvalue weighted by Gasteiger charge is -2.35. The number of amides is 1. The average Bonchev–Trinajstić information content (AvgIpc) is 2.79. The number of rotatable bonds is 2. The normalized spacial score (nSPS) is 29.9. The fourth-order valence-electron chi connectivity index (χ4n) is 2.51. The molecule has 0 aromatic rings. The Labute approximate surface area is 103 Å². The Kier molecular flexibility index (Phi) is 5.02. The van der Waals surface area contributed by atoms with Gasteiger partial charge in [0.1, 0.15) is 0 Å². The topological polar surface area (TPSA) is 41.6 Å². The molecule has 1 unspecified atom stereocenters. The second-order valence-electron chi connectivity index (χ2n) is 4.37. The van der Waals surface area contributed by atoms with Gasteiger partial charge in [0.2, 0.25) is 5.91 Å². The zero-order valence-electron chi connectivity index (χ0n) is 9.83. The molecular formula is C11H21ClN2O2. The summed E-state index contributed by atoms with van der Waals surface area (Å²) in [7, 11) is 0. The highest BCUT2D eigenvalue weighted by Gasteiger charge is 2.41. The van der Waals surface area contributed by atoms with Crippen LogP contribution in [0.3, 0.4) is 0 Å². The van der Waals surface area contributed by atoms with E-state index in [1.165, 1.54) is 0 Å². The number of carbonyl (C=O) groups excluding carboxylic acids is 1. The summed E-state index contributed by atoms with van der Waals surface area (Å²) >= 11 is 0.